The van der Waals surface area contributed by atoms with E-state index in [0.29, 0.717) is 6.04 Å². The van der Waals surface area contributed by atoms with Crippen molar-refractivity contribution in [2.75, 3.05) is 18.1 Å². The maximum atomic E-state index is 3.62. The molecule has 0 aliphatic carbocycles. The minimum absolute atomic E-state index is 0.528. The van der Waals surface area contributed by atoms with E-state index in [1.54, 1.807) is 0 Å². The minimum Gasteiger partial charge on any atom is -0.309 e. The first-order valence-electron chi connectivity index (χ1n) is 5.21. The Balaban J connectivity index is 1.74. The molecule has 3 heteroatoms. The molecule has 0 saturated carbocycles. The maximum absolute atomic E-state index is 3.62. The van der Waals surface area contributed by atoms with Crippen LogP contribution in [-0.4, -0.2) is 18.1 Å². The van der Waals surface area contributed by atoms with Crippen LogP contribution < -0.4 is 5.32 Å². The summed E-state index contributed by atoms with van der Waals surface area (Å²) < 4.78 is 0. The molecule has 2 heterocycles. The lowest BCUT2D eigenvalue weighted by Crippen LogP contribution is -2.25. The Morgan fingerprint density at radius 3 is 3.21 bits per heavy atom. The van der Waals surface area contributed by atoms with E-state index in [0.717, 1.165) is 5.92 Å². The zero-order valence-corrected chi connectivity index (χ0v) is 10.2. The third-order valence-corrected chi connectivity index (χ3v) is 4.99. The third kappa shape index (κ3) is 2.75. The molecule has 1 nitrogen and oxygen atoms in total. The van der Waals surface area contributed by atoms with Gasteiger partial charge in [-0.2, -0.15) is 11.8 Å². The van der Waals surface area contributed by atoms with Gasteiger partial charge in [-0.1, -0.05) is 6.07 Å². The van der Waals surface area contributed by atoms with Crippen molar-refractivity contribution in [2.24, 2.45) is 5.92 Å². The van der Waals surface area contributed by atoms with Gasteiger partial charge in [0.1, 0.15) is 0 Å². The second kappa shape index (κ2) is 5.19. The van der Waals surface area contributed by atoms with Crippen molar-refractivity contribution in [3.8, 4) is 0 Å². The van der Waals surface area contributed by atoms with Gasteiger partial charge in [-0.15, -0.1) is 11.3 Å². The van der Waals surface area contributed by atoms with Gasteiger partial charge < -0.3 is 5.32 Å². The molecule has 78 valence electrons. The summed E-state index contributed by atoms with van der Waals surface area (Å²) in [6.45, 7) is 3.44. The average Bonchev–Trinajstić information content (AvgIpc) is 2.87. The molecule has 0 bridgehead atoms. The summed E-state index contributed by atoms with van der Waals surface area (Å²) in [5, 5.41) is 5.78. The Bertz CT molecular complexity index is 252. The zero-order valence-electron chi connectivity index (χ0n) is 8.53. The van der Waals surface area contributed by atoms with E-state index in [9.17, 15) is 0 Å². The predicted molar refractivity (Wildman–Crippen MR) is 66.2 cm³/mol. The lowest BCUT2D eigenvalue weighted by atomic mass is 10.1. The van der Waals surface area contributed by atoms with Crippen molar-refractivity contribution >= 4 is 23.1 Å². The van der Waals surface area contributed by atoms with E-state index in [1.165, 1.54) is 29.3 Å². The fraction of sp³-hybridized carbons (Fsp3) is 0.636. The Morgan fingerprint density at radius 1 is 1.64 bits per heavy atom. The molecule has 1 aromatic heterocycles. The Labute approximate surface area is 94.3 Å². The number of hydrogen-bond donors (Lipinski definition) is 1. The summed E-state index contributed by atoms with van der Waals surface area (Å²) in [4.78, 5) is 1.45. The smallest absolute Gasteiger partial charge is 0.0386 e. The van der Waals surface area contributed by atoms with Crippen LogP contribution in [0.15, 0.2) is 17.5 Å². The van der Waals surface area contributed by atoms with Crippen LogP contribution in [0, 0.1) is 5.92 Å². The van der Waals surface area contributed by atoms with Crippen LogP contribution in [-0.2, 0) is 0 Å². The Morgan fingerprint density at radius 2 is 2.57 bits per heavy atom. The second-order valence-corrected chi connectivity index (χ2v) is 6.00. The van der Waals surface area contributed by atoms with Gasteiger partial charge in [0.05, 0.1) is 0 Å². The molecule has 1 N–H and O–H groups in total. The maximum Gasteiger partial charge on any atom is 0.0386 e. The lowest BCUT2D eigenvalue weighted by Gasteiger charge is -2.15. The van der Waals surface area contributed by atoms with Crippen LogP contribution in [0.3, 0.4) is 0 Å². The summed E-state index contributed by atoms with van der Waals surface area (Å²) in [5.41, 5.74) is 0. The molecule has 1 saturated heterocycles. The molecule has 0 spiro atoms. The second-order valence-electron chi connectivity index (χ2n) is 3.87. The molecule has 0 amide bonds. The first-order chi connectivity index (χ1) is 6.86. The van der Waals surface area contributed by atoms with Crippen molar-refractivity contribution in [1.82, 2.24) is 5.32 Å². The fourth-order valence-electron chi connectivity index (χ4n) is 1.73. The quantitative estimate of drug-likeness (QED) is 0.848. The van der Waals surface area contributed by atoms with Gasteiger partial charge in [-0.05, 0) is 48.8 Å². The molecule has 0 aromatic carbocycles. The zero-order chi connectivity index (χ0) is 9.80. The topological polar surface area (TPSA) is 12.0 Å². The Kier molecular flexibility index (Phi) is 3.90. The highest BCUT2D eigenvalue weighted by Gasteiger charge is 2.16. The average molecular weight is 227 g/mol. The van der Waals surface area contributed by atoms with Crippen LogP contribution >= 0.6 is 23.1 Å². The van der Waals surface area contributed by atoms with Gasteiger partial charge in [-0.3, -0.25) is 0 Å². The van der Waals surface area contributed by atoms with E-state index in [1.807, 2.05) is 11.3 Å². The number of nitrogens with one attached hydrogen (secondary N) is 1. The SMILES string of the molecule is C[C@@H](NCC1CCSC1)c1cccs1. The summed E-state index contributed by atoms with van der Waals surface area (Å²) in [5.74, 6) is 3.62. The first kappa shape index (κ1) is 10.5. The summed E-state index contributed by atoms with van der Waals surface area (Å²) >= 11 is 3.94. The van der Waals surface area contributed by atoms with E-state index in [-0.39, 0.29) is 0 Å². The Hall–Kier alpha value is 0.01000. The molecule has 2 atom stereocenters. The molecule has 1 fully saturated rings. The van der Waals surface area contributed by atoms with Gasteiger partial charge in [0.25, 0.3) is 0 Å². The monoisotopic (exact) mass is 227 g/mol. The molecular formula is C11H17NS2. The molecule has 1 aromatic rings. The highest BCUT2D eigenvalue weighted by atomic mass is 32.2. The van der Waals surface area contributed by atoms with Crippen molar-refractivity contribution in [3.05, 3.63) is 22.4 Å². The van der Waals surface area contributed by atoms with Gasteiger partial charge >= 0.3 is 0 Å². The molecule has 1 unspecified atom stereocenters. The van der Waals surface area contributed by atoms with Crippen LogP contribution in [0.4, 0.5) is 0 Å². The third-order valence-electron chi connectivity index (χ3n) is 2.71. The normalized spacial score (nSPS) is 23.9. The van der Waals surface area contributed by atoms with Crippen molar-refractivity contribution < 1.29 is 0 Å². The minimum atomic E-state index is 0.528. The van der Waals surface area contributed by atoms with Gasteiger partial charge in [0, 0.05) is 10.9 Å². The number of thioether (sulfide) groups is 1. The molecule has 0 radical (unpaired) electrons. The standard InChI is InChI=1S/C11H17NS2/c1-9(11-3-2-5-14-11)12-7-10-4-6-13-8-10/h2-3,5,9-10,12H,4,6-8H2,1H3/t9-,10?/m1/s1. The molecule has 2 rings (SSSR count). The van der Waals surface area contributed by atoms with Crippen LogP contribution in [0.25, 0.3) is 0 Å². The summed E-state index contributed by atoms with van der Waals surface area (Å²) in [7, 11) is 0. The summed E-state index contributed by atoms with van der Waals surface area (Å²) in [6, 6.07) is 4.87. The van der Waals surface area contributed by atoms with E-state index >= 15 is 0 Å². The van der Waals surface area contributed by atoms with Crippen LogP contribution in [0.5, 0.6) is 0 Å². The number of hydrogen-bond acceptors (Lipinski definition) is 3. The van der Waals surface area contributed by atoms with E-state index < -0.39 is 0 Å². The molecule has 1 aliphatic heterocycles. The van der Waals surface area contributed by atoms with Gasteiger partial charge in [0.2, 0.25) is 0 Å². The molecule has 14 heavy (non-hydrogen) atoms. The van der Waals surface area contributed by atoms with Crippen LogP contribution in [0.2, 0.25) is 0 Å². The highest BCUT2D eigenvalue weighted by Crippen LogP contribution is 2.24. The van der Waals surface area contributed by atoms with E-state index in [4.69, 9.17) is 0 Å². The van der Waals surface area contributed by atoms with Crippen molar-refractivity contribution in [2.45, 2.75) is 19.4 Å². The highest BCUT2D eigenvalue weighted by molar-refractivity contribution is 7.99. The molecular weight excluding hydrogens is 210 g/mol. The van der Waals surface area contributed by atoms with Crippen molar-refractivity contribution in [3.63, 3.8) is 0 Å². The van der Waals surface area contributed by atoms with Crippen LogP contribution in [0.1, 0.15) is 24.3 Å². The largest absolute Gasteiger partial charge is 0.309 e. The summed E-state index contributed by atoms with van der Waals surface area (Å²) in [6.07, 6.45) is 1.40. The van der Waals surface area contributed by atoms with E-state index in [2.05, 4.69) is 41.5 Å². The predicted octanol–water partition coefficient (Wildman–Crippen LogP) is 3.15. The molecule has 1 aliphatic rings. The first-order valence-corrected chi connectivity index (χ1v) is 7.24. The number of rotatable bonds is 4. The van der Waals surface area contributed by atoms with Gasteiger partial charge in [-0.25, -0.2) is 0 Å². The lowest BCUT2D eigenvalue weighted by molar-refractivity contribution is 0.481. The van der Waals surface area contributed by atoms with Crippen molar-refractivity contribution in [1.29, 1.82) is 0 Å². The van der Waals surface area contributed by atoms with Gasteiger partial charge in [0.15, 0.2) is 0 Å². The number of thiophene rings is 1. The fourth-order valence-corrected chi connectivity index (χ4v) is 3.77.